The van der Waals surface area contributed by atoms with Crippen LogP contribution in [0.25, 0.3) is 5.57 Å². The van der Waals surface area contributed by atoms with E-state index in [9.17, 15) is 4.79 Å². The SMILES string of the molecule is Cc1cc(C(=CNc2ccc(Cl)cc2)C(=O)c2ccccc2)on1. The number of benzene rings is 2. The van der Waals surface area contributed by atoms with Crippen molar-refractivity contribution >= 4 is 28.6 Å². The number of nitrogens with one attached hydrogen (secondary N) is 1. The molecule has 1 N–H and O–H groups in total. The van der Waals surface area contributed by atoms with Crippen molar-refractivity contribution < 1.29 is 9.32 Å². The third kappa shape index (κ3) is 3.73. The average Bonchev–Trinajstić information content (AvgIpc) is 3.03. The topological polar surface area (TPSA) is 55.1 Å². The van der Waals surface area contributed by atoms with E-state index in [0.29, 0.717) is 27.6 Å². The Morgan fingerprint density at radius 1 is 1.12 bits per heavy atom. The summed E-state index contributed by atoms with van der Waals surface area (Å²) < 4.78 is 5.28. The van der Waals surface area contributed by atoms with Gasteiger partial charge in [-0.05, 0) is 31.2 Å². The van der Waals surface area contributed by atoms with Crippen LogP contribution in [-0.4, -0.2) is 10.9 Å². The fourth-order valence-electron chi connectivity index (χ4n) is 2.19. The molecule has 0 atom stereocenters. The van der Waals surface area contributed by atoms with Crippen molar-refractivity contribution in [2.75, 3.05) is 5.32 Å². The number of Topliss-reactive ketones (excluding diaryl/α,β-unsaturated/α-hetero) is 1. The van der Waals surface area contributed by atoms with Crippen LogP contribution in [-0.2, 0) is 0 Å². The smallest absolute Gasteiger partial charge is 0.198 e. The first kappa shape index (κ1) is 16.0. The van der Waals surface area contributed by atoms with Crippen LogP contribution >= 0.6 is 11.6 Å². The summed E-state index contributed by atoms with van der Waals surface area (Å²) in [7, 11) is 0. The molecule has 0 bridgehead atoms. The lowest BCUT2D eigenvalue weighted by molar-refractivity contribution is 0.105. The number of anilines is 1. The molecule has 4 nitrogen and oxygen atoms in total. The Labute approximate surface area is 144 Å². The van der Waals surface area contributed by atoms with Crippen LogP contribution in [0.2, 0.25) is 5.02 Å². The highest BCUT2D eigenvalue weighted by Crippen LogP contribution is 2.22. The van der Waals surface area contributed by atoms with Crippen LogP contribution in [0.1, 0.15) is 21.8 Å². The lowest BCUT2D eigenvalue weighted by Crippen LogP contribution is -2.04. The average molecular weight is 339 g/mol. The van der Waals surface area contributed by atoms with Crippen molar-refractivity contribution in [3.63, 3.8) is 0 Å². The molecule has 1 heterocycles. The van der Waals surface area contributed by atoms with Crippen LogP contribution in [0.4, 0.5) is 5.69 Å². The van der Waals surface area contributed by atoms with Crippen molar-refractivity contribution in [2.45, 2.75) is 6.92 Å². The molecule has 0 aliphatic carbocycles. The Balaban J connectivity index is 1.94. The van der Waals surface area contributed by atoms with Gasteiger partial charge >= 0.3 is 0 Å². The molecule has 0 saturated carbocycles. The van der Waals surface area contributed by atoms with Crippen molar-refractivity contribution in [3.8, 4) is 0 Å². The molecule has 0 radical (unpaired) electrons. The van der Waals surface area contributed by atoms with Crippen LogP contribution in [0.5, 0.6) is 0 Å². The van der Waals surface area contributed by atoms with Crippen molar-refractivity contribution in [1.82, 2.24) is 5.16 Å². The van der Waals surface area contributed by atoms with E-state index in [4.69, 9.17) is 16.1 Å². The molecule has 24 heavy (non-hydrogen) atoms. The molecule has 0 saturated heterocycles. The van der Waals surface area contributed by atoms with Crippen LogP contribution in [0.3, 0.4) is 0 Å². The van der Waals surface area contributed by atoms with Gasteiger partial charge in [0.1, 0.15) is 0 Å². The van der Waals surface area contributed by atoms with Gasteiger partial charge in [0.2, 0.25) is 0 Å². The molecule has 0 spiro atoms. The minimum atomic E-state index is -0.145. The number of carbonyl (C=O) groups excluding carboxylic acids is 1. The summed E-state index contributed by atoms with van der Waals surface area (Å²) >= 11 is 5.88. The summed E-state index contributed by atoms with van der Waals surface area (Å²) in [5.74, 6) is 0.274. The van der Waals surface area contributed by atoms with Crippen LogP contribution < -0.4 is 5.32 Å². The van der Waals surface area contributed by atoms with Gasteiger partial charge < -0.3 is 9.84 Å². The second-order valence-electron chi connectivity index (χ2n) is 5.24. The number of hydrogen-bond donors (Lipinski definition) is 1. The lowest BCUT2D eigenvalue weighted by Gasteiger charge is -2.06. The van der Waals surface area contributed by atoms with Crippen molar-refractivity contribution in [1.29, 1.82) is 0 Å². The van der Waals surface area contributed by atoms with E-state index in [1.54, 1.807) is 36.5 Å². The van der Waals surface area contributed by atoms with Crippen LogP contribution in [0.15, 0.2) is 71.4 Å². The quantitative estimate of drug-likeness (QED) is 0.527. The van der Waals surface area contributed by atoms with Crippen LogP contribution in [0, 0.1) is 6.92 Å². The molecule has 2 aromatic carbocycles. The van der Waals surface area contributed by atoms with Gasteiger partial charge in [0.05, 0.1) is 11.3 Å². The molecule has 3 aromatic rings. The van der Waals surface area contributed by atoms with Gasteiger partial charge in [-0.25, -0.2) is 0 Å². The minimum absolute atomic E-state index is 0.145. The van der Waals surface area contributed by atoms with E-state index in [2.05, 4.69) is 10.5 Å². The molecule has 0 unspecified atom stereocenters. The molecule has 1 aromatic heterocycles. The number of rotatable bonds is 5. The summed E-state index contributed by atoms with van der Waals surface area (Å²) in [6, 6.07) is 18.0. The van der Waals surface area contributed by atoms with Gasteiger partial charge in [0.25, 0.3) is 0 Å². The largest absolute Gasteiger partial charge is 0.361 e. The molecule has 0 aliphatic rings. The first-order valence-electron chi connectivity index (χ1n) is 7.39. The number of aryl methyl sites for hydroxylation is 1. The highest BCUT2D eigenvalue weighted by atomic mass is 35.5. The van der Waals surface area contributed by atoms with Crippen molar-refractivity contribution in [3.05, 3.63) is 88.9 Å². The fourth-order valence-corrected chi connectivity index (χ4v) is 2.31. The number of halogens is 1. The lowest BCUT2D eigenvalue weighted by atomic mass is 10.0. The Kier molecular flexibility index (Phi) is 4.77. The van der Waals surface area contributed by atoms with Gasteiger partial charge in [0, 0.05) is 28.5 Å². The summed E-state index contributed by atoms with van der Waals surface area (Å²) in [5.41, 5.74) is 2.50. The Morgan fingerprint density at radius 3 is 2.46 bits per heavy atom. The molecule has 0 amide bonds. The zero-order valence-corrected chi connectivity index (χ0v) is 13.7. The molecular formula is C19H15ClN2O2. The molecule has 5 heteroatoms. The molecule has 0 fully saturated rings. The maximum atomic E-state index is 12.8. The predicted octanol–water partition coefficient (Wildman–Crippen LogP) is 4.97. The Bertz CT molecular complexity index is 868. The van der Waals surface area contributed by atoms with Gasteiger partial charge in [-0.1, -0.05) is 47.1 Å². The number of allylic oxidation sites excluding steroid dienone is 1. The third-order valence-corrected chi connectivity index (χ3v) is 3.65. The summed E-state index contributed by atoms with van der Waals surface area (Å²) in [6.45, 7) is 1.81. The summed E-state index contributed by atoms with van der Waals surface area (Å²) in [6.07, 6.45) is 1.62. The summed E-state index contributed by atoms with van der Waals surface area (Å²) in [4.78, 5) is 12.8. The van der Waals surface area contributed by atoms with Gasteiger partial charge in [0.15, 0.2) is 11.5 Å². The maximum Gasteiger partial charge on any atom is 0.198 e. The zero-order chi connectivity index (χ0) is 16.9. The molecule has 3 rings (SSSR count). The monoisotopic (exact) mass is 338 g/mol. The van der Waals surface area contributed by atoms with E-state index < -0.39 is 0 Å². The number of hydrogen-bond acceptors (Lipinski definition) is 4. The number of aromatic nitrogens is 1. The Hall–Kier alpha value is -2.85. The second-order valence-corrected chi connectivity index (χ2v) is 5.67. The van der Waals surface area contributed by atoms with E-state index in [1.165, 1.54) is 0 Å². The first-order valence-corrected chi connectivity index (χ1v) is 7.77. The second kappa shape index (κ2) is 7.15. The standard InChI is InChI=1S/C19H15ClN2O2/c1-13-11-18(24-22-13)17(19(23)14-5-3-2-4-6-14)12-21-16-9-7-15(20)8-10-16/h2-12,21H,1H3. The zero-order valence-electron chi connectivity index (χ0n) is 13.0. The molecule has 0 aliphatic heterocycles. The minimum Gasteiger partial charge on any atom is -0.361 e. The number of nitrogens with zero attached hydrogens (tertiary/aromatic N) is 1. The fraction of sp³-hybridized carbons (Fsp3) is 0.0526. The van der Waals surface area contributed by atoms with Gasteiger partial charge in [-0.15, -0.1) is 0 Å². The number of ketones is 1. The van der Waals surface area contributed by atoms with Gasteiger partial charge in [-0.3, -0.25) is 4.79 Å². The highest BCUT2D eigenvalue weighted by molar-refractivity contribution is 6.30. The van der Waals surface area contributed by atoms with E-state index >= 15 is 0 Å². The predicted molar refractivity (Wildman–Crippen MR) is 95.1 cm³/mol. The Morgan fingerprint density at radius 2 is 1.83 bits per heavy atom. The molecule has 120 valence electrons. The third-order valence-electron chi connectivity index (χ3n) is 3.40. The van der Waals surface area contributed by atoms with E-state index in [1.807, 2.05) is 37.3 Å². The highest BCUT2D eigenvalue weighted by Gasteiger charge is 2.18. The summed E-state index contributed by atoms with van der Waals surface area (Å²) in [5, 5.41) is 7.62. The number of carbonyl (C=O) groups is 1. The van der Waals surface area contributed by atoms with Gasteiger partial charge in [-0.2, -0.15) is 0 Å². The first-order chi connectivity index (χ1) is 11.6. The normalized spacial score (nSPS) is 11.3. The maximum absolute atomic E-state index is 12.8. The van der Waals surface area contributed by atoms with Crippen molar-refractivity contribution in [2.24, 2.45) is 0 Å². The van der Waals surface area contributed by atoms with E-state index in [-0.39, 0.29) is 5.78 Å². The molecular weight excluding hydrogens is 324 g/mol. The van der Waals surface area contributed by atoms with E-state index in [0.717, 1.165) is 5.69 Å².